The van der Waals surface area contributed by atoms with E-state index in [1.54, 1.807) is 13.1 Å². The van der Waals surface area contributed by atoms with Crippen LogP contribution < -0.4 is 11.1 Å². The van der Waals surface area contributed by atoms with Gasteiger partial charge in [0.15, 0.2) is 6.10 Å². The number of benzene rings is 1. The van der Waals surface area contributed by atoms with Gasteiger partial charge in [-0.3, -0.25) is 9.59 Å². The molecular formula is C16H19N3O4. The lowest BCUT2D eigenvalue weighted by molar-refractivity contribution is -0.146. The Labute approximate surface area is 133 Å². The molecule has 7 nitrogen and oxygen atoms in total. The highest BCUT2D eigenvalue weighted by atomic mass is 16.5. The molecule has 0 aliphatic rings. The number of fused-ring (bicyclic) bond motifs is 1. The van der Waals surface area contributed by atoms with Crippen LogP contribution in [-0.4, -0.2) is 35.4 Å². The van der Waals surface area contributed by atoms with Crippen LogP contribution in [0.1, 0.15) is 30.1 Å². The van der Waals surface area contributed by atoms with Crippen LogP contribution in [0, 0.1) is 0 Å². The van der Waals surface area contributed by atoms with Gasteiger partial charge < -0.3 is 20.8 Å². The summed E-state index contributed by atoms with van der Waals surface area (Å²) in [6.07, 6.45) is 1.25. The van der Waals surface area contributed by atoms with Crippen LogP contribution in [0.25, 0.3) is 10.9 Å². The fourth-order valence-electron chi connectivity index (χ4n) is 2.25. The first kappa shape index (κ1) is 16.5. The molecule has 0 fully saturated rings. The summed E-state index contributed by atoms with van der Waals surface area (Å²) in [6, 6.07) is 6.78. The van der Waals surface area contributed by atoms with Gasteiger partial charge in [-0.25, -0.2) is 4.79 Å². The van der Waals surface area contributed by atoms with Gasteiger partial charge in [0.25, 0.3) is 0 Å². The summed E-state index contributed by atoms with van der Waals surface area (Å²) in [4.78, 5) is 37.6. The molecule has 0 bridgehead atoms. The number of ketones is 1. The van der Waals surface area contributed by atoms with E-state index in [9.17, 15) is 14.4 Å². The lowest BCUT2D eigenvalue weighted by Gasteiger charge is -2.12. The third kappa shape index (κ3) is 4.32. The predicted octanol–water partition coefficient (Wildman–Crippen LogP) is 1.73. The molecule has 0 aliphatic heterocycles. The van der Waals surface area contributed by atoms with Gasteiger partial charge in [0, 0.05) is 35.6 Å². The quantitative estimate of drug-likeness (QED) is 0.410. The van der Waals surface area contributed by atoms with Gasteiger partial charge in [0.1, 0.15) is 0 Å². The molecule has 122 valence electrons. The number of hydrogen-bond acceptors (Lipinski definition) is 4. The number of rotatable bonds is 7. The maximum atomic E-state index is 12.4. The molecule has 0 saturated carbocycles. The number of urea groups is 1. The summed E-state index contributed by atoms with van der Waals surface area (Å²) in [7, 11) is 0. The fourth-order valence-corrected chi connectivity index (χ4v) is 2.25. The first-order valence-electron chi connectivity index (χ1n) is 7.32. The van der Waals surface area contributed by atoms with Crippen molar-refractivity contribution in [2.75, 3.05) is 6.54 Å². The van der Waals surface area contributed by atoms with Gasteiger partial charge in [-0.15, -0.1) is 0 Å². The Morgan fingerprint density at radius 2 is 2.04 bits per heavy atom. The number of para-hydroxylation sites is 1. The van der Waals surface area contributed by atoms with Gasteiger partial charge >= 0.3 is 12.0 Å². The largest absolute Gasteiger partial charge is 0.454 e. The third-order valence-electron chi connectivity index (χ3n) is 3.39. The lowest BCUT2D eigenvalue weighted by Crippen LogP contribution is -2.30. The highest BCUT2D eigenvalue weighted by Crippen LogP contribution is 2.20. The Hall–Kier alpha value is -2.83. The van der Waals surface area contributed by atoms with Crippen molar-refractivity contribution in [3.63, 3.8) is 0 Å². The monoisotopic (exact) mass is 317 g/mol. The van der Waals surface area contributed by atoms with E-state index < -0.39 is 18.1 Å². The van der Waals surface area contributed by atoms with E-state index in [0.717, 1.165) is 10.9 Å². The molecule has 2 rings (SSSR count). The average Bonchev–Trinajstić information content (AvgIpc) is 2.94. The van der Waals surface area contributed by atoms with Gasteiger partial charge in [0.05, 0.1) is 0 Å². The maximum absolute atomic E-state index is 12.4. The Balaban J connectivity index is 1.90. The minimum Gasteiger partial charge on any atom is -0.454 e. The minimum absolute atomic E-state index is 0.103. The number of esters is 1. The number of primary amides is 1. The molecule has 0 saturated heterocycles. The first-order valence-corrected chi connectivity index (χ1v) is 7.32. The molecule has 1 aromatic carbocycles. The Bertz CT molecular complexity index is 723. The summed E-state index contributed by atoms with van der Waals surface area (Å²) in [6.45, 7) is 1.83. The SMILES string of the molecule is C[C@@H](OC(=O)CCCNC(N)=O)C(=O)c1c[nH]c2ccccc12. The number of nitrogens with two attached hydrogens (primary N) is 1. The average molecular weight is 317 g/mol. The molecule has 0 unspecified atom stereocenters. The van der Waals surface area contributed by atoms with E-state index in [4.69, 9.17) is 10.5 Å². The van der Waals surface area contributed by atoms with Crippen molar-refractivity contribution < 1.29 is 19.1 Å². The highest BCUT2D eigenvalue weighted by Gasteiger charge is 2.21. The van der Waals surface area contributed by atoms with E-state index in [0.29, 0.717) is 12.0 Å². The second kappa shape index (κ2) is 7.44. The number of carbonyl (C=O) groups excluding carboxylic acids is 3. The van der Waals surface area contributed by atoms with Gasteiger partial charge in [-0.1, -0.05) is 18.2 Å². The van der Waals surface area contributed by atoms with Crippen LogP contribution in [-0.2, 0) is 9.53 Å². The number of aromatic amines is 1. The summed E-state index contributed by atoms with van der Waals surface area (Å²) in [5, 5.41) is 3.18. The first-order chi connectivity index (χ1) is 11.0. The smallest absolute Gasteiger partial charge is 0.312 e. The Morgan fingerprint density at radius 1 is 1.30 bits per heavy atom. The second-order valence-electron chi connectivity index (χ2n) is 5.14. The molecule has 7 heteroatoms. The lowest BCUT2D eigenvalue weighted by atomic mass is 10.1. The van der Waals surface area contributed by atoms with Crippen molar-refractivity contribution in [2.24, 2.45) is 5.73 Å². The second-order valence-corrected chi connectivity index (χ2v) is 5.14. The summed E-state index contributed by atoms with van der Waals surface area (Å²) < 4.78 is 5.15. The molecule has 23 heavy (non-hydrogen) atoms. The molecule has 1 aromatic heterocycles. The number of aromatic nitrogens is 1. The third-order valence-corrected chi connectivity index (χ3v) is 3.39. The molecule has 0 radical (unpaired) electrons. The molecule has 1 heterocycles. The minimum atomic E-state index is -0.870. The van der Waals surface area contributed by atoms with Crippen molar-refractivity contribution in [2.45, 2.75) is 25.9 Å². The van der Waals surface area contributed by atoms with Crippen molar-refractivity contribution in [3.8, 4) is 0 Å². The van der Waals surface area contributed by atoms with Crippen molar-refractivity contribution in [1.82, 2.24) is 10.3 Å². The zero-order chi connectivity index (χ0) is 16.8. The summed E-state index contributed by atoms with van der Waals surface area (Å²) in [5.74, 6) is -0.747. The topological polar surface area (TPSA) is 114 Å². The van der Waals surface area contributed by atoms with E-state index in [2.05, 4.69) is 10.3 Å². The van der Waals surface area contributed by atoms with Crippen LogP contribution in [0.15, 0.2) is 30.5 Å². The number of hydrogen-bond donors (Lipinski definition) is 3. The number of ether oxygens (including phenoxy) is 1. The van der Waals surface area contributed by atoms with Crippen molar-refractivity contribution in [3.05, 3.63) is 36.0 Å². The molecule has 1 atom stereocenters. The zero-order valence-corrected chi connectivity index (χ0v) is 12.8. The molecule has 0 aliphatic carbocycles. The van der Waals surface area contributed by atoms with Crippen LogP contribution in [0.5, 0.6) is 0 Å². The number of nitrogens with one attached hydrogen (secondary N) is 2. The van der Waals surface area contributed by atoms with Crippen LogP contribution in [0.3, 0.4) is 0 Å². The van der Waals surface area contributed by atoms with E-state index >= 15 is 0 Å². The van der Waals surface area contributed by atoms with E-state index in [1.165, 1.54) is 0 Å². The predicted molar refractivity (Wildman–Crippen MR) is 85.0 cm³/mol. The van der Waals surface area contributed by atoms with Gasteiger partial charge in [-0.2, -0.15) is 0 Å². The molecule has 4 N–H and O–H groups in total. The molecular weight excluding hydrogens is 298 g/mol. The van der Waals surface area contributed by atoms with Gasteiger partial charge in [0.2, 0.25) is 5.78 Å². The summed E-state index contributed by atoms with van der Waals surface area (Å²) >= 11 is 0. The normalized spacial score (nSPS) is 11.9. The number of amides is 2. The van der Waals surface area contributed by atoms with Crippen LogP contribution >= 0.6 is 0 Å². The van der Waals surface area contributed by atoms with E-state index in [1.807, 2.05) is 24.3 Å². The van der Waals surface area contributed by atoms with Crippen LogP contribution in [0.2, 0.25) is 0 Å². The van der Waals surface area contributed by atoms with E-state index in [-0.39, 0.29) is 18.7 Å². The van der Waals surface area contributed by atoms with Crippen molar-refractivity contribution in [1.29, 1.82) is 0 Å². The fraction of sp³-hybridized carbons (Fsp3) is 0.312. The van der Waals surface area contributed by atoms with Crippen LogP contribution in [0.4, 0.5) is 4.79 Å². The molecule has 2 amide bonds. The van der Waals surface area contributed by atoms with Crippen molar-refractivity contribution >= 4 is 28.7 Å². The zero-order valence-electron chi connectivity index (χ0n) is 12.8. The standard InChI is InChI=1S/C16H19N3O4/c1-10(23-14(20)7-4-8-18-16(17)22)15(21)12-9-19-13-6-3-2-5-11(12)13/h2-3,5-6,9-10,19H,4,7-8H2,1H3,(H3,17,18,22)/t10-/m1/s1. The number of Topliss-reactive ketones (excluding diaryl/α,β-unsaturated/α-hetero) is 1. The highest BCUT2D eigenvalue weighted by molar-refractivity contribution is 6.10. The summed E-state index contributed by atoms with van der Waals surface area (Å²) in [5.41, 5.74) is 6.27. The maximum Gasteiger partial charge on any atom is 0.312 e. The Kier molecular flexibility index (Phi) is 5.35. The Morgan fingerprint density at radius 3 is 2.78 bits per heavy atom. The number of H-pyrrole nitrogens is 1. The molecule has 2 aromatic rings. The van der Waals surface area contributed by atoms with Gasteiger partial charge in [-0.05, 0) is 19.4 Å². The number of carbonyl (C=O) groups is 3. The molecule has 0 spiro atoms.